The standard InChI is InChI=1S/C20H22N2O3/c1-4-22-17-9-5-13(2)11-16(17)21-20(22)15-7-6-14(8-10-19(23)24)18(12-15)25-3/h5-7,9,11-12H,4,8,10H2,1-3H3,(H,23,24). The van der Waals surface area contributed by atoms with Crippen LogP contribution in [0.25, 0.3) is 22.4 Å². The minimum atomic E-state index is -0.811. The first-order valence-electron chi connectivity index (χ1n) is 8.39. The number of carboxylic acids is 1. The van der Waals surface area contributed by atoms with Crippen molar-refractivity contribution in [1.82, 2.24) is 9.55 Å². The minimum absolute atomic E-state index is 0.0858. The van der Waals surface area contributed by atoms with E-state index in [4.69, 9.17) is 14.8 Å². The Labute approximate surface area is 146 Å². The number of fused-ring (bicyclic) bond motifs is 1. The number of rotatable bonds is 6. The Morgan fingerprint density at radius 1 is 1.24 bits per heavy atom. The summed E-state index contributed by atoms with van der Waals surface area (Å²) in [4.78, 5) is 15.6. The average Bonchev–Trinajstić information content (AvgIpc) is 2.97. The molecule has 1 aromatic heterocycles. The number of carbonyl (C=O) groups is 1. The molecule has 0 radical (unpaired) electrons. The molecule has 0 bridgehead atoms. The summed E-state index contributed by atoms with van der Waals surface area (Å²) in [5, 5.41) is 8.89. The first-order chi connectivity index (χ1) is 12.0. The van der Waals surface area contributed by atoms with E-state index in [0.717, 1.165) is 34.5 Å². The third-order valence-corrected chi connectivity index (χ3v) is 4.37. The minimum Gasteiger partial charge on any atom is -0.496 e. The van der Waals surface area contributed by atoms with E-state index in [1.807, 2.05) is 18.2 Å². The van der Waals surface area contributed by atoms with Gasteiger partial charge in [-0.2, -0.15) is 0 Å². The Bertz CT molecular complexity index is 928. The highest BCUT2D eigenvalue weighted by molar-refractivity contribution is 5.81. The lowest BCUT2D eigenvalue weighted by Gasteiger charge is -2.11. The zero-order valence-electron chi connectivity index (χ0n) is 14.7. The van der Waals surface area contributed by atoms with Crippen LogP contribution in [-0.2, 0) is 17.8 Å². The Kier molecular flexibility index (Phi) is 4.74. The maximum Gasteiger partial charge on any atom is 0.303 e. The molecule has 3 rings (SSSR count). The molecule has 0 unspecified atom stereocenters. The Balaban J connectivity index is 2.07. The van der Waals surface area contributed by atoms with Crippen LogP contribution < -0.4 is 4.74 Å². The van der Waals surface area contributed by atoms with E-state index >= 15 is 0 Å². The Morgan fingerprint density at radius 2 is 2.04 bits per heavy atom. The van der Waals surface area contributed by atoms with E-state index in [1.165, 1.54) is 5.56 Å². The van der Waals surface area contributed by atoms with Crippen molar-refractivity contribution < 1.29 is 14.6 Å². The molecule has 0 aliphatic carbocycles. The Hall–Kier alpha value is -2.82. The summed E-state index contributed by atoms with van der Waals surface area (Å²) in [7, 11) is 1.61. The number of carboxylic acid groups (broad SMARTS) is 1. The maximum atomic E-state index is 10.8. The number of aliphatic carboxylic acids is 1. The molecule has 0 aliphatic heterocycles. The molecular weight excluding hydrogens is 316 g/mol. The van der Waals surface area contributed by atoms with Crippen molar-refractivity contribution in [1.29, 1.82) is 0 Å². The highest BCUT2D eigenvalue weighted by Gasteiger charge is 2.14. The van der Waals surface area contributed by atoms with Gasteiger partial charge in [-0.1, -0.05) is 18.2 Å². The highest BCUT2D eigenvalue weighted by Crippen LogP contribution is 2.30. The van der Waals surface area contributed by atoms with Gasteiger partial charge in [0.15, 0.2) is 0 Å². The molecule has 0 saturated carbocycles. The van der Waals surface area contributed by atoms with Gasteiger partial charge in [-0.3, -0.25) is 4.79 Å². The van der Waals surface area contributed by atoms with Crippen LogP contribution in [0.3, 0.4) is 0 Å². The number of benzene rings is 2. The van der Waals surface area contributed by atoms with E-state index in [1.54, 1.807) is 7.11 Å². The molecule has 0 atom stereocenters. The van der Waals surface area contributed by atoms with Gasteiger partial charge in [0.05, 0.1) is 18.1 Å². The number of hydrogen-bond acceptors (Lipinski definition) is 3. The molecule has 1 N–H and O–H groups in total. The van der Waals surface area contributed by atoms with E-state index in [9.17, 15) is 4.79 Å². The summed E-state index contributed by atoms with van der Waals surface area (Å²) in [5.74, 6) is 0.782. The van der Waals surface area contributed by atoms with E-state index < -0.39 is 5.97 Å². The maximum absolute atomic E-state index is 10.8. The number of aromatic nitrogens is 2. The molecule has 0 amide bonds. The number of aryl methyl sites for hydroxylation is 3. The van der Waals surface area contributed by atoms with Crippen molar-refractivity contribution in [3.63, 3.8) is 0 Å². The third kappa shape index (κ3) is 3.36. The fourth-order valence-electron chi connectivity index (χ4n) is 3.11. The molecule has 1 heterocycles. The van der Waals surface area contributed by atoms with Crippen LogP contribution in [0.2, 0.25) is 0 Å². The second-order valence-corrected chi connectivity index (χ2v) is 6.09. The third-order valence-electron chi connectivity index (χ3n) is 4.37. The zero-order chi connectivity index (χ0) is 18.0. The van der Waals surface area contributed by atoms with Gasteiger partial charge in [0.2, 0.25) is 0 Å². The number of nitrogens with zero attached hydrogens (tertiary/aromatic N) is 2. The molecule has 0 spiro atoms. The fraction of sp³-hybridized carbons (Fsp3) is 0.300. The molecule has 5 nitrogen and oxygen atoms in total. The van der Waals surface area contributed by atoms with Crippen molar-refractivity contribution in [3.05, 3.63) is 47.5 Å². The van der Waals surface area contributed by atoms with Crippen LogP contribution in [-0.4, -0.2) is 27.7 Å². The van der Waals surface area contributed by atoms with E-state index in [2.05, 4.69) is 36.6 Å². The van der Waals surface area contributed by atoms with Gasteiger partial charge in [0, 0.05) is 18.5 Å². The van der Waals surface area contributed by atoms with Crippen molar-refractivity contribution in [2.45, 2.75) is 33.2 Å². The number of imidazole rings is 1. The quantitative estimate of drug-likeness (QED) is 0.736. The molecule has 0 fully saturated rings. The molecule has 0 aliphatic rings. The van der Waals surface area contributed by atoms with Crippen LogP contribution >= 0.6 is 0 Å². The molecule has 2 aromatic carbocycles. The largest absolute Gasteiger partial charge is 0.496 e. The van der Waals surface area contributed by atoms with Gasteiger partial charge in [0.1, 0.15) is 11.6 Å². The van der Waals surface area contributed by atoms with Crippen molar-refractivity contribution in [2.24, 2.45) is 0 Å². The predicted molar refractivity (Wildman–Crippen MR) is 98.1 cm³/mol. The smallest absolute Gasteiger partial charge is 0.303 e. The van der Waals surface area contributed by atoms with Gasteiger partial charge in [0.25, 0.3) is 0 Å². The van der Waals surface area contributed by atoms with Gasteiger partial charge < -0.3 is 14.4 Å². The van der Waals surface area contributed by atoms with Crippen molar-refractivity contribution >= 4 is 17.0 Å². The zero-order valence-corrected chi connectivity index (χ0v) is 14.7. The summed E-state index contributed by atoms with van der Waals surface area (Å²) in [6.07, 6.45) is 0.532. The number of methoxy groups -OCH3 is 1. The lowest BCUT2D eigenvalue weighted by Crippen LogP contribution is -2.01. The fourth-order valence-corrected chi connectivity index (χ4v) is 3.11. The van der Waals surface area contributed by atoms with Crippen LogP contribution in [0.5, 0.6) is 5.75 Å². The predicted octanol–water partition coefficient (Wildman–Crippen LogP) is 4.06. The SMILES string of the molecule is CCn1c(-c2ccc(CCC(=O)O)c(OC)c2)nc2cc(C)ccc21. The van der Waals surface area contributed by atoms with Crippen LogP contribution in [0.4, 0.5) is 0 Å². The summed E-state index contributed by atoms with van der Waals surface area (Å²) in [6, 6.07) is 12.1. The lowest BCUT2D eigenvalue weighted by atomic mass is 10.1. The van der Waals surface area contributed by atoms with E-state index in [-0.39, 0.29) is 6.42 Å². The lowest BCUT2D eigenvalue weighted by molar-refractivity contribution is -0.136. The molecule has 25 heavy (non-hydrogen) atoms. The summed E-state index contributed by atoms with van der Waals surface area (Å²) in [5.41, 5.74) is 5.12. The van der Waals surface area contributed by atoms with E-state index in [0.29, 0.717) is 12.2 Å². The van der Waals surface area contributed by atoms with Crippen LogP contribution in [0.15, 0.2) is 36.4 Å². The molecule has 130 valence electrons. The second kappa shape index (κ2) is 6.97. The number of hydrogen-bond donors (Lipinski definition) is 1. The van der Waals surface area contributed by atoms with Crippen LogP contribution in [0, 0.1) is 6.92 Å². The summed E-state index contributed by atoms with van der Waals surface area (Å²) < 4.78 is 7.66. The van der Waals surface area contributed by atoms with Gasteiger partial charge in [-0.05, 0) is 49.6 Å². The van der Waals surface area contributed by atoms with Gasteiger partial charge >= 0.3 is 5.97 Å². The average molecular weight is 338 g/mol. The highest BCUT2D eigenvalue weighted by atomic mass is 16.5. The van der Waals surface area contributed by atoms with Gasteiger partial charge in [-0.15, -0.1) is 0 Å². The molecule has 0 saturated heterocycles. The monoisotopic (exact) mass is 338 g/mol. The normalized spacial score (nSPS) is 11.0. The molecular formula is C20H22N2O3. The van der Waals surface area contributed by atoms with Crippen molar-refractivity contribution in [2.75, 3.05) is 7.11 Å². The topological polar surface area (TPSA) is 64.4 Å². The van der Waals surface area contributed by atoms with Crippen molar-refractivity contribution in [3.8, 4) is 17.1 Å². The summed E-state index contributed by atoms with van der Waals surface area (Å²) in [6.45, 7) is 4.98. The first kappa shape index (κ1) is 17.0. The molecule has 5 heteroatoms. The summed E-state index contributed by atoms with van der Waals surface area (Å²) >= 11 is 0. The van der Waals surface area contributed by atoms with Crippen LogP contribution in [0.1, 0.15) is 24.5 Å². The molecule has 3 aromatic rings. The number of ether oxygens (including phenoxy) is 1. The first-order valence-corrected chi connectivity index (χ1v) is 8.39. The Morgan fingerprint density at radius 3 is 2.72 bits per heavy atom. The second-order valence-electron chi connectivity index (χ2n) is 6.09. The van der Waals surface area contributed by atoms with Gasteiger partial charge in [-0.25, -0.2) is 4.98 Å².